The molecule has 1 unspecified atom stereocenters. The quantitative estimate of drug-likeness (QED) is 0.364. The molecule has 0 radical (unpaired) electrons. The fourth-order valence-electron chi connectivity index (χ4n) is 3.30. The Bertz CT molecular complexity index is 1090. The number of esters is 3. The minimum atomic E-state index is -0.583. The molecule has 1 aliphatic carbocycles. The molecule has 3 rings (SSSR count). The second-order valence-corrected chi connectivity index (χ2v) is 7.69. The number of carbonyl (C=O) groups excluding carboxylic acids is 3. The van der Waals surface area contributed by atoms with Gasteiger partial charge in [0, 0.05) is 36.1 Å². The molecule has 0 bridgehead atoms. The molecule has 164 valence electrons. The summed E-state index contributed by atoms with van der Waals surface area (Å²) in [7, 11) is 0. The van der Waals surface area contributed by atoms with Gasteiger partial charge < -0.3 is 14.2 Å². The second kappa shape index (κ2) is 9.47. The summed E-state index contributed by atoms with van der Waals surface area (Å²) < 4.78 is 16.1. The molecule has 6 nitrogen and oxygen atoms in total. The van der Waals surface area contributed by atoms with E-state index in [4.69, 9.17) is 14.2 Å². The van der Waals surface area contributed by atoms with E-state index in [-0.39, 0.29) is 28.7 Å². The van der Waals surface area contributed by atoms with Crippen LogP contribution in [0.2, 0.25) is 0 Å². The van der Waals surface area contributed by atoms with Gasteiger partial charge in [0.1, 0.15) is 17.6 Å². The Morgan fingerprint density at radius 3 is 1.94 bits per heavy atom. The molecule has 0 fully saturated rings. The lowest BCUT2D eigenvalue weighted by Gasteiger charge is -2.12. The second-order valence-electron chi connectivity index (χ2n) is 7.69. The lowest BCUT2D eigenvalue weighted by Crippen LogP contribution is -2.16. The van der Waals surface area contributed by atoms with Crippen molar-refractivity contribution in [3.8, 4) is 22.6 Å². The predicted octanol–water partition coefficient (Wildman–Crippen LogP) is 4.51. The maximum Gasteiger partial charge on any atom is 0.338 e. The Labute approximate surface area is 186 Å². The number of hydrogen-bond acceptors (Lipinski definition) is 6. The molecular weight excluding hydrogens is 408 g/mol. The number of fused-ring (bicyclic) bond motifs is 1. The van der Waals surface area contributed by atoms with Gasteiger partial charge in [-0.1, -0.05) is 37.9 Å². The van der Waals surface area contributed by atoms with Crippen LogP contribution in [-0.2, 0) is 32.0 Å². The molecule has 2 aromatic carbocycles. The normalized spacial score (nSPS) is 14.1. The highest BCUT2D eigenvalue weighted by atomic mass is 16.5. The Morgan fingerprint density at radius 2 is 1.41 bits per heavy atom. The summed E-state index contributed by atoms with van der Waals surface area (Å²) in [5.41, 5.74) is 4.15. The van der Waals surface area contributed by atoms with Crippen molar-refractivity contribution in [1.82, 2.24) is 0 Å². The number of rotatable bonds is 7. The van der Waals surface area contributed by atoms with E-state index in [2.05, 4.69) is 19.7 Å². The number of carbonyl (C=O) groups is 3. The maximum atomic E-state index is 12.0. The zero-order chi connectivity index (χ0) is 23.4. The number of hydrogen-bond donors (Lipinski definition) is 0. The molecule has 0 aromatic heterocycles. The standard InChI is InChI=1S/C26H24O6/c1-6-24(27)30-21-10-18-8-7-17(9-19(18)11-21)20-12-22(31-25(28)15(2)3)14-23(13-20)32-26(29)16(4)5/h6-9,12-14,21H,1-2,4,10-11H2,3,5H3. The summed E-state index contributed by atoms with van der Waals surface area (Å²) >= 11 is 0. The maximum absolute atomic E-state index is 12.0. The Kier molecular flexibility index (Phi) is 6.73. The highest BCUT2D eigenvalue weighted by molar-refractivity contribution is 5.90. The minimum Gasteiger partial charge on any atom is -0.459 e. The fraction of sp³-hybridized carbons (Fsp3) is 0.192. The van der Waals surface area contributed by atoms with Crippen molar-refractivity contribution in [2.24, 2.45) is 0 Å². The van der Waals surface area contributed by atoms with Crippen LogP contribution in [0.25, 0.3) is 11.1 Å². The van der Waals surface area contributed by atoms with Crippen molar-refractivity contribution < 1.29 is 28.6 Å². The Morgan fingerprint density at radius 1 is 0.844 bits per heavy atom. The van der Waals surface area contributed by atoms with Crippen molar-refractivity contribution in [3.05, 3.63) is 84.5 Å². The summed E-state index contributed by atoms with van der Waals surface area (Å²) in [5.74, 6) is -1.17. The fourth-order valence-corrected chi connectivity index (χ4v) is 3.30. The topological polar surface area (TPSA) is 78.9 Å². The highest BCUT2D eigenvalue weighted by Crippen LogP contribution is 2.34. The third-order valence-corrected chi connectivity index (χ3v) is 4.88. The van der Waals surface area contributed by atoms with E-state index in [1.165, 1.54) is 6.07 Å². The molecular formula is C26H24O6. The van der Waals surface area contributed by atoms with E-state index >= 15 is 0 Å². The predicted molar refractivity (Wildman–Crippen MR) is 120 cm³/mol. The zero-order valence-corrected chi connectivity index (χ0v) is 18.1. The van der Waals surface area contributed by atoms with Gasteiger partial charge >= 0.3 is 17.9 Å². The van der Waals surface area contributed by atoms with Gasteiger partial charge in [0.2, 0.25) is 0 Å². The molecule has 0 spiro atoms. The Hall–Kier alpha value is -3.93. The van der Waals surface area contributed by atoms with E-state index in [0.29, 0.717) is 18.4 Å². The molecule has 0 amide bonds. The first kappa shape index (κ1) is 22.7. The average Bonchev–Trinajstić information content (AvgIpc) is 3.14. The van der Waals surface area contributed by atoms with Gasteiger partial charge in [-0.25, -0.2) is 14.4 Å². The van der Waals surface area contributed by atoms with Gasteiger partial charge in [0.25, 0.3) is 0 Å². The van der Waals surface area contributed by atoms with Gasteiger partial charge in [-0.05, 0) is 48.2 Å². The minimum absolute atomic E-state index is 0.221. The first-order valence-electron chi connectivity index (χ1n) is 10.0. The summed E-state index contributed by atoms with van der Waals surface area (Å²) in [5, 5.41) is 0. The van der Waals surface area contributed by atoms with Crippen LogP contribution in [0.5, 0.6) is 11.5 Å². The van der Waals surface area contributed by atoms with Crippen LogP contribution in [0.4, 0.5) is 0 Å². The van der Waals surface area contributed by atoms with E-state index in [9.17, 15) is 14.4 Å². The molecule has 0 saturated carbocycles. The van der Waals surface area contributed by atoms with Crippen LogP contribution < -0.4 is 9.47 Å². The molecule has 0 N–H and O–H groups in total. The van der Waals surface area contributed by atoms with Crippen molar-refractivity contribution in [3.63, 3.8) is 0 Å². The summed E-state index contributed by atoms with van der Waals surface area (Å²) in [6, 6.07) is 10.7. The van der Waals surface area contributed by atoms with Crippen LogP contribution >= 0.6 is 0 Å². The van der Waals surface area contributed by atoms with Crippen molar-refractivity contribution in [1.29, 1.82) is 0 Å². The summed E-state index contributed by atoms with van der Waals surface area (Å²) in [6.07, 6.45) is 2.14. The molecule has 1 atom stereocenters. The van der Waals surface area contributed by atoms with E-state index in [1.807, 2.05) is 18.2 Å². The monoisotopic (exact) mass is 432 g/mol. The van der Waals surface area contributed by atoms with Gasteiger partial charge in [0.05, 0.1) is 0 Å². The van der Waals surface area contributed by atoms with E-state index in [1.54, 1.807) is 26.0 Å². The zero-order valence-electron chi connectivity index (χ0n) is 18.1. The molecule has 2 aromatic rings. The van der Waals surface area contributed by atoms with Crippen molar-refractivity contribution >= 4 is 17.9 Å². The largest absolute Gasteiger partial charge is 0.459 e. The average molecular weight is 432 g/mol. The van der Waals surface area contributed by atoms with E-state index < -0.39 is 17.9 Å². The molecule has 6 heteroatoms. The smallest absolute Gasteiger partial charge is 0.338 e. The highest BCUT2D eigenvalue weighted by Gasteiger charge is 2.24. The molecule has 0 aliphatic heterocycles. The molecule has 0 heterocycles. The van der Waals surface area contributed by atoms with Crippen LogP contribution in [-0.4, -0.2) is 24.0 Å². The molecule has 0 saturated heterocycles. The van der Waals surface area contributed by atoms with Crippen LogP contribution in [0, 0.1) is 0 Å². The van der Waals surface area contributed by atoms with Crippen molar-refractivity contribution in [2.75, 3.05) is 0 Å². The van der Waals surface area contributed by atoms with Crippen molar-refractivity contribution in [2.45, 2.75) is 32.8 Å². The van der Waals surface area contributed by atoms with Gasteiger partial charge in [-0.15, -0.1) is 0 Å². The number of ether oxygens (including phenoxy) is 3. The third kappa shape index (κ3) is 5.40. The van der Waals surface area contributed by atoms with Gasteiger partial charge in [-0.2, -0.15) is 0 Å². The first-order chi connectivity index (χ1) is 15.2. The van der Waals surface area contributed by atoms with E-state index in [0.717, 1.165) is 22.8 Å². The molecule has 1 aliphatic rings. The van der Waals surface area contributed by atoms with Crippen LogP contribution in [0.1, 0.15) is 25.0 Å². The number of benzene rings is 2. The van der Waals surface area contributed by atoms with Gasteiger partial charge in [-0.3, -0.25) is 0 Å². The summed E-state index contributed by atoms with van der Waals surface area (Å²) in [4.78, 5) is 35.5. The van der Waals surface area contributed by atoms with Gasteiger partial charge in [0.15, 0.2) is 0 Å². The summed E-state index contributed by atoms with van der Waals surface area (Å²) in [6.45, 7) is 13.7. The lowest BCUT2D eigenvalue weighted by molar-refractivity contribution is -0.142. The Balaban J connectivity index is 1.93. The van der Waals surface area contributed by atoms with Crippen LogP contribution in [0.15, 0.2) is 73.4 Å². The first-order valence-corrected chi connectivity index (χ1v) is 10.0. The van der Waals surface area contributed by atoms with Crippen LogP contribution in [0.3, 0.4) is 0 Å². The molecule has 32 heavy (non-hydrogen) atoms. The lowest BCUT2D eigenvalue weighted by atomic mass is 10.00. The SMILES string of the molecule is C=CC(=O)OC1Cc2ccc(-c3cc(OC(=O)C(=C)C)cc(OC(=O)C(=C)C)c3)cc2C1. The third-order valence-electron chi connectivity index (χ3n) is 4.88.